The molecule has 0 bridgehead atoms. The van der Waals surface area contributed by atoms with Gasteiger partial charge in [-0.1, -0.05) is 42.5 Å². The Morgan fingerprint density at radius 1 is 1.14 bits per heavy atom. The largest absolute Gasteiger partial charge is 0.314 e. The zero-order valence-corrected chi connectivity index (χ0v) is 12.8. The van der Waals surface area contributed by atoms with Crippen LogP contribution >= 0.6 is 0 Å². The summed E-state index contributed by atoms with van der Waals surface area (Å²) in [4.78, 5) is 2.59. The van der Waals surface area contributed by atoms with Gasteiger partial charge in [0, 0.05) is 32.2 Å². The first-order valence-corrected chi connectivity index (χ1v) is 7.85. The number of aryl methyl sites for hydroxylation is 1. The van der Waals surface area contributed by atoms with Crippen molar-refractivity contribution in [2.24, 2.45) is 0 Å². The van der Waals surface area contributed by atoms with E-state index < -0.39 is 0 Å². The van der Waals surface area contributed by atoms with Crippen LogP contribution in [0.25, 0.3) is 10.8 Å². The van der Waals surface area contributed by atoms with Crippen molar-refractivity contribution in [2.75, 3.05) is 26.2 Å². The molecule has 110 valence electrons. The van der Waals surface area contributed by atoms with E-state index >= 15 is 0 Å². The quantitative estimate of drug-likeness (QED) is 0.860. The lowest BCUT2D eigenvalue weighted by Crippen LogP contribution is -2.45. The monoisotopic (exact) mass is 280 g/mol. The highest BCUT2D eigenvalue weighted by atomic mass is 15.2. The van der Waals surface area contributed by atoms with E-state index in [2.05, 4.69) is 66.2 Å². The highest BCUT2D eigenvalue weighted by molar-refractivity contribution is 5.88. The number of fused-ring (bicyclic) bond motifs is 1. The first-order chi connectivity index (χ1) is 10.3. The zero-order chi connectivity index (χ0) is 14.7. The van der Waals surface area contributed by atoms with Gasteiger partial charge in [0.15, 0.2) is 0 Å². The molecule has 0 unspecified atom stereocenters. The summed E-state index contributed by atoms with van der Waals surface area (Å²) in [6, 6.07) is 13.8. The molecule has 0 radical (unpaired) electrons. The minimum Gasteiger partial charge on any atom is -0.314 e. The SMILES string of the molecule is C=CC[C@@H](c1ccc(C)c2ccccc12)N1CCNCC1. The summed E-state index contributed by atoms with van der Waals surface area (Å²) in [7, 11) is 0. The molecule has 0 saturated carbocycles. The molecule has 3 rings (SSSR count). The standard InChI is InChI=1S/C19H24N2/c1-3-6-19(21-13-11-20-12-14-21)18-10-9-15(2)16-7-4-5-8-17(16)18/h3-5,7-10,19-20H,1,6,11-14H2,2H3/t19-/m0/s1. The molecular formula is C19H24N2. The van der Waals surface area contributed by atoms with Crippen LogP contribution in [0, 0.1) is 6.92 Å². The first kappa shape index (κ1) is 14.3. The highest BCUT2D eigenvalue weighted by Crippen LogP contribution is 2.32. The topological polar surface area (TPSA) is 15.3 Å². The van der Waals surface area contributed by atoms with Gasteiger partial charge >= 0.3 is 0 Å². The van der Waals surface area contributed by atoms with Crippen LogP contribution in [0.5, 0.6) is 0 Å². The summed E-state index contributed by atoms with van der Waals surface area (Å²) in [5.41, 5.74) is 2.80. The van der Waals surface area contributed by atoms with E-state index in [1.807, 2.05) is 0 Å². The fourth-order valence-corrected chi connectivity index (χ4v) is 3.39. The Morgan fingerprint density at radius 2 is 1.86 bits per heavy atom. The van der Waals surface area contributed by atoms with Crippen LogP contribution < -0.4 is 5.32 Å². The van der Waals surface area contributed by atoms with E-state index in [4.69, 9.17) is 0 Å². The van der Waals surface area contributed by atoms with E-state index in [0.717, 1.165) is 32.6 Å². The molecule has 2 nitrogen and oxygen atoms in total. The minimum atomic E-state index is 0.440. The molecule has 1 saturated heterocycles. The predicted molar refractivity (Wildman–Crippen MR) is 90.7 cm³/mol. The molecule has 1 aliphatic rings. The molecule has 1 N–H and O–H groups in total. The van der Waals surface area contributed by atoms with Crippen molar-refractivity contribution in [3.63, 3.8) is 0 Å². The van der Waals surface area contributed by atoms with Gasteiger partial charge in [-0.3, -0.25) is 4.90 Å². The third-order valence-electron chi connectivity index (χ3n) is 4.52. The van der Waals surface area contributed by atoms with E-state index in [1.165, 1.54) is 21.9 Å². The van der Waals surface area contributed by atoms with Crippen molar-refractivity contribution >= 4 is 10.8 Å². The van der Waals surface area contributed by atoms with Crippen LogP contribution in [0.2, 0.25) is 0 Å². The molecular weight excluding hydrogens is 256 g/mol. The number of hydrogen-bond acceptors (Lipinski definition) is 2. The fraction of sp³-hybridized carbons (Fsp3) is 0.368. The van der Waals surface area contributed by atoms with Gasteiger partial charge in [0.25, 0.3) is 0 Å². The number of hydrogen-bond donors (Lipinski definition) is 1. The molecule has 1 heterocycles. The van der Waals surface area contributed by atoms with Gasteiger partial charge in [-0.05, 0) is 35.2 Å². The zero-order valence-electron chi connectivity index (χ0n) is 12.8. The third-order valence-corrected chi connectivity index (χ3v) is 4.52. The Hall–Kier alpha value is -1.64. The number of nitrogens with one attached hydrogen (secondary N) is 1. The smallest absolute Gasteiger partial charge is 0.0389 e. The second-order valence-electron chi connectivity index (χ2n) is 5.84. The molecule has 2 aromatic rings. The van der Waals surface area contributed by atoms with Gasteiger partial charge in [0.2, 0.25) is 0 Å². The summed E-state index contributed by atoms with van der Waals surface area (Å²) in [5, 5.41) is 6.21. The lowest BCUT2D eigenvalue weighted by molar-refractivity contribution is 0.175. The maximum Gasteiger partial charge on any atom is 0.0389 e. The molecule has 2 aromatic carbocycles. The average Bonchev–Trinajstić information content (AvgIpc) is 2.55. The van der Waals surface area contributed by atoms with Crippen molar-refractivity contribution in [1.82, 2.24) is 10.2 Å². The summed E-state index contributed by atoms with van der Waals surface area (Å²) in [6.07, 6.45) is 3.06. The van der Waals surface area contributed by atoms with Gasteiger partial charge in [-0.25, -0.2) is 0 Å². The third kappa shape index (κ3) is 2.87. The predicted octanol–water partition coefficient (Wildman–Crippen LogP) is 3.67. The minimum absolute atomic E-state index is 0.440. The van der Waals surface area contributed by atoms with Gasteiger partial charge in [0.1, 0.15) is 0 Å². The lowest BCUT2D eigenvalue weighted by atomic mass is 9.93. The van der Waals surface area contributed by atoms with Crippen LogP contribution in [-0.2, 0) is 0 Å². The summed E-state index contributed by atoms with van der Waals surface area (Å²) < 4.78 is 0. The average molecular weight is 280 g/mol. The maximum absolute atomic E-state index is 3.98. The van der Waals surface area contributed by atoms with Crippen molar-refractivity contribution in [2.45, 2.75) is 19.4 Å². The van der Waals surface area contributed by atoms with Crippen molar-refractivity contribution in [3.05, 3.63) is 60.2 Å². The molecule has 0 aliphatic carbocycles. The molecule has 1 fully saturated rings. The highest BCUT2D eigenvalue weighted by Gasteiger charge is 2.22. The summed E-state index contributed by atoms with van der Waals surface area (Å²) in [6.45, 7) is 10.6. The van der Waals surface area contributed by atoms with E-state index in [-0.39, 0.29) is 0 Å². The normalized spacial score (nSPS) is 17.8. The van der Waals surface area contributed by atoms with Crippen molar-refractivity contribution < 1.29 is 0 Å². The van der Waals surface area contributed by atoms with Crippen LogP contribution in [-0.4, -0.2) is 31.1 Å². The van der Waals surface area contributed by atoms with Crippen molar-refractivity contribution in [3.8, 4) is 0 Å². The van der Waals surface area contributed by atoms with Crippen LogP contribution in [0.3, 0.4) is 0 Å². The maximum atomic E-state index is 3.98. The second kappa shape index (κ2) is 6.42. The van der Waals surface area contributed by atoms with E-state index in [1.54, 1.807) is 0 Å². The Bertz CT molecular complexity index is 626. The van der Waals surface area contributed by atoms with E-state index in [9.17, 15) is 0 Å². The number of benzene rings is 2. The molecule has 1 atom stereocenters. The summed E-state index contributed by atoms with van der Waals surface area (Å²) >= 11 is 0. The molecule has 0 aromatic heterocycles. The Kier molecular flexibility index (Phi) is 4.37. The molecule has 21 heavy (non-hydrogen) atoms. The molecule has 1 aliphatic heterocycles. The lowest BCUT2D eigenvalue weighted by Gasteiger charge is -2.35. The number of rotatable bonds is 4. The van der Waals surface area contributed by atoms with Gasteiger partial charge in [0.05, 0.1) is 0 Å². The Morgan fingerprint density at radius 3 is 2.57 bits per heavy atom. The van der Waals surface area contributed by atoms with Crippen LogP contribution in [0.4, 0.5) is 0 Å². The molecule has 0 amide bonds. The van der Waals surface area contributed by atoms with Crippen molar-refractivity contribution in [1.29, 1.82) is 0 Å². The molecule has 0 spiro atoms. The second-order valence-corrected chi connectivity index (χ2v) is 5.84. The van der Waals surface area contributed by atoms with E-state index in [0.29, 0.717) is 6.04 Å². The Labute approximate surface area is 127 Å². The summed E-state index contributed by atoms with van der Waals surface area (Å²) in [5.74, 6) is 0. The van der Waals surface area contributed by atoms with Gasteiger partial charge in [-0.2, -0.15) is 0 Å². The van der Waals surface area contributed by atoms with Crippen LogP contribution in [0.1, 0.15) is 23.6 Å². The van der Waals surface area contributed by atoms with Gasteiger partial charge < -0.3 is 5.32 Å². The van der Waals surface area contributed by atoms with Crippen LogP contribution in [0.15, 0.2) is 49.1 Å². The number of piperazine rings is 1. The Balaban J connectivity index is 2.06. The number of nitrogens with zero attached hydrogens (tertiary/aromatic N) is 1. The van der Waals surface area contributed by atoms with Gasteiger partial charge in [-0.15, -0.1) is 6.58 Å². The molecule has 2 heteroatoms. The fourth-order valence-electron chi connectivity index (χ4n) is 3.39. The first-order valence-electron chi connectivity index (χ1n) is 7.85.